The Hall–Kier alpha value is -2.70. The number of hydrogen-bond donors (Lipinski definition) is 3. The van der Waals surface area contributed by atoms with E-state index in [9.17, 15) is 5.11 Å². The van der Waals surface area contributed by atoms with Gasteiger partial charge in [-0.05, 0) is 48.6 Å². The van der Waals surface area contributed by atoms with E-state index in [1.54, 1.807) is 13.8 Å². The number of nitrogens with two attached hydrogens (primary N) is 2. The zero-order chi connectivity index (χ0) is 21.2. The summed E-state index contributed by atoms with van der Waals surface area (Å²) in [6.45, 7) is 12.1. The first-order chi connectivity index (χ1) is 13.7. The molecular weight excluding hydrogens is 380 g/mol. The highest BCUT2D eigenvalue weighted by molar-refractivity contribution is 8.06. The quantitative estimate of drug-likeness (QED) is 0.478. The maximum absolute atomic E-state index is 10.5. The lowest BCUT2D eigenvalue weighted by Crippen LogP contribution is -2.34. The Balaban J connectivity index is 1.88. The van der Waals surface area contributed by atoms with Gasteiger partial charge in [0.25, 0.3) is 0 Å². The van der Waals surface area contributed by atoms with Gasteiger partial charge in [-0.1, -0.05) is 61.3 Å². The smallest absolute Gasteiger partial charge is 0.162 e. The number of hydrogen-bond acceptors (Lipinski definition) is 5. The highest BCUT2D eigenvalue weighted by Gasteiger charge is 2.49. The largest absolute Gasteiger partial charge is 0.398 e. The second-order valence-corrected chi connectivity index (χ2v) is 8.78. The summed E-state index contributed by atoms with van der Waals surface area (Å²) < 4.78 is 1.86. The van der Waals surface area contributed by atoms with Gasteiger partial charge in [0.2, 0.25) is 0 Å². The third-order valence-electron chi connectivity index (χ3n) is 5.31. The predicted molar refractivity (Wildman–Crippen MR) is 122 cm³/mol. The Kier molecular flexibility index (Phi) is 5.78. The summed E-state index contributed by atoms with van der Waals surface area (Å²) in [6, 6.07) is 13.5. The molecule has 2 aromatic rings. The number of thioether (sulfide) groups is 1. The van der Waals surface area contributed by atoms with Crippen LogP contribution in [0.5, 0.6) is 0 Å². The van der Waals surface area contributed by atoms with E-state index in [4.69, 9.17) is 11.6 Å². The molecule has 1 aromatic carbocycles. The van der Waals surface area contributed by atoms with E-state index in [1.165, 1.54) is 11.8 Å². The summed E-state index contributed by atoms with van der Waals surface area (Å²) in [5.74, 6) is 5.69. The summed E-state index contributed by atoms with van der Waals surface area (Å²) in [4.78, 5) is 0.977. The lowest BCUT2D eigenvalue weighted by Gasteiger charge is -2.25. The second-order valence-electron chi connectivity index (χ2n) is 7.81. The molecule has 1 aromatic heterocycles. The Morgan fingerprint density at radius 2 is 1.86 bits per heavy atom. The van der Waals surface area contributed by atoms with Crippen molar-refractivity contribution in [3.05, 3.63) is 88.7 Å². The molecule has 0 spiro atoms. The molecule has 1 aliphatic rings. The fourth-order valence-corrected chi connectivity index (χ4v) is 4.31. The van der Waals surface area contributed by atoms with Gasteiger partial charge >= 0.3 is 0 Å². The third kappa shape index (κ3) is 4.18. The second kappa shape index (κ2) is 7.97. The summed E-state index contributed by atoms with van der Waals surface area (Å²) in [5, 5.41) is 16.4. The molecular formula is C23H28N4OS. The normalized spacial score (nSPS) is 16.5. The first-order valence-corrected chi connectivity index (χ1v) is 10.3. The molecule has 152 valence electrons. The number of rotatable bonds is 7. The molecule has 1 saturated carbocycles. The molecule has 29 heavy (non-hydrogen) atoms. The van der Waals surface area contributed by atoms with E-state index < -0.39 is 5.60 Å². The van der Waals surface area contributed by atoms with Crippen molar-refractivity contribution < 1.29 is 5.11 Å². The lowest BCUT2D eigenvalue weighted by atomic mass is 9.98. The average molecular weight is 409 g/mol. The monoisotopic (exact) mass is 408 g/mol. The number of aromatic nitrogens is 1. The van der Waals surface area contributed by atoms with Crippen LogP contribution in [0.25, 0.3) is 11.4 Å². The highest BCUT2D eigenvalue weighted by Crippen LogP contribution is 2.61. The fourth-order valence-electron chi connectivity index (χ4n) is 3.36. The Labute approximate surface area is 176 Å². The van der Waals surface area contributed by atoms with Gasteiger partial charge in [0, 0.05) is 28.6 Å². The van der Waals surface area contributed by atoms with Crippen LogP contribution in [0.2, 0.25) is 0 Å². The van der Waals surface area contributed by atoms with Gasteiger partial charge in [-0.15, -0.1) is 0 Å². The third-order valence-corrected chi connectivity index (χ3v) is 6.36. The molecule has 0 aliphatic heterocycles. The number of benzene rings is 1. The van der Waals surface area contributed by atoms with E-state index in [0.29, 0.717) is 16.7 Å². The topological polar surface area (TPSA) is 89.6 Å². The van der Waals surface area contributed by atoms with Gasteiger partial charge in [0.05, 0.1) is 5.60 Å². The summed E-state index contributed by atoms with van der Waals surface area (Å²) >= 11 is 1.53. The molecule has 0 bridgehead atoms. The van der Waals surface area contributed by atoms with Crippen LogP contribution in [0.1, 0.15) is 37.8 Å². The fraction of sp³-hybridized carbons (Fsp3) is 0.261. The van der Waals surface area contributed by atoms with Crippen molar-refractivity contribution in [3.8, 4) is 0 Å². The van der Waals surface area contributed by atoms with Crippen molar-refractivity contribution in [2.75, 3.05) is 0 Å². The minimum Gasteiger partial charge on any atom is -0.398 e. The Morgan fingerprint density at radius 1 is 1.21 bits per heavy atom. The van der Waals surface area contributed by atoms with Crippen LogP contribution in [-0.2, 0) is 5.60 Å². The molecule has 0 amide bonds. The predicted octanol–water partition coefficient (Wildman–Crippen LogP) is 3.95. The summed E-state index contributed by atoms with van der Waals surface area (Å²) in [6.07, 6.45) is 3.76. The van der Waals surface area contributed by atoms with Crippen LogP contribution in [0, 0.1) is 5.41 Å². The van der Waals surface area contributed by atoms with Gasteiger partial charge in [-0.3, -0.25) is 0 Å². The molecule has 1 heterocycles. The van der Waals surface area contributed by atoms with Gasteiger partial charge < -0.3 is 21.2 Å². The van der Waals surface area contributed by atoms with E-state index >= 15 is 0 Å². The minimum absolute atomic E-state index is 0.250. The van der Waals surface area contributed by atoms with Gasteiger partial charge in [-0.2, -0.15) is 5.10 Å². The van der Waals surface area contributed by atoms with Crippen molar-refractivity contribution in [3.63, 3.8) is 0 Å². The van der Waals surface area contributed by atoms with Crippen molar-refractivity contribution in [1.29, 1.82) is 0 Å². The zero-order valence-electron chi connectivity index (χ0n) is 16.9. The molecule has 0 atom stereocenters. The summed E-state index contributed by atoms with van der Waals surface area (Å²) in [5.41, 5.74) is 8.56. The number of aliphatic hydroxyl groups is 1. The Morgan fingerprint density at radius 3 is 2.41 bits per heavy atom. The SMILES string of the molecule is C=C(S/C=C(\N)c1ccccc1)C1(C(=C)n2cccc(C(C)(C)O)/c2=N/N)CC1. The maximum Gasteiger partial charge on any atom is 0.162 e. The van der Waals surface area contributed by atoms with Crippen molar-refractivity contribution in [2.24, 2.45) is 22.1 Å². The Bertz CT molecular complexity index is 1020. The molecule has 6 heteroatoms. The van der Waals surface area contributed by atoms with E-state index in [2.05, 4.69) is 18.3 Å². The van der Waals surface area contributed by atoms with E-state index in [0.717, 1.165) is 29.0 Å². The molecule has 0 radical (unpaired) electrons. The van der Waals surface area contributed by atoms with Crippen molar-refractivity contribution in [1.82, 2.24) is 4.57 Å². The van der Waals surface area contributed by atoms with Crippen LogP contribution in [0.15, 0.2) is 77.2 Å². The number of pyridine rings is 1. The molecule has 0 saturated heterocycles. The minimum atomic E-state index is -1.07. The first kappa shape index (κ1) is 21.0. The van der Waals surface area contributed by atoms with Gasteiger partial charge in [-0.25, -0.2) is 0 Å². The number of nitrogens with zero attached hydrogens (tertiary/aromatic N) is 2. The van der Waals surface area contributed by atoms with Crippen LogP contribution >= 0.6 is 11.8 Å². The van der Waals surface area contributed by atoms with Crippen LogP contribution in [-0.4, -0.2) is 9.67 Å². The van der Waals surface area contributed by atoms with Crippen molar-refractivity contribution in [2.45, 2.75) is 32.3 Å². The van der Waals surface area contributed by atoms with Gasteiger partial charge in [0.1, 0.15) is 0 Å². The van der Waals surface area contributed by atoms with Crippen LogP contribution in [0.3, 0.4) is 0 Å². The molecule has 3 rings (SSSR count). The molecule has 5 nitrogen and oxygen atoms in total. The van der Waals surface area contributed by atoms with E-state index in [1.807, 2.05) is 58.6 Å². The maximum atomic E-state index is 10.5. The molecule has 1 aliphatic carbocycles. The van der Waals surface area contributed by atoms with Crippen molar-refractivity contribution >= 4 is 23.2 Å². The molecule has 0 unspecified atom stereocenters. The van der Waals surface area contributed by atoms with Crippen LogP contribution in [0.4, 0.5) is 0 Å². The van der Waals surface area contributed by atoms with Gasteiger partial charge in [0.15, 0.2) is 5.49 Å². The van der Waals surface area contributed by atoms with E-state index in [-0.39, 0.29) is 5.41 Å². The average Bonchev–Trinajstić information content (AvgIpc) is 3.52. The summed E-state index contributed by atoms with van der Waals surface area (Å²) in [7, 11) is 0. The number of allylic oxidation sites excluding steroid dienone is 2. The molecule has 5 N–H and O–H groups in total. The highest BCUT2D eigenvalue weighted by atomic mass is 32.2. The molecule has 1 fully saturated rings. The lowest BCUT2D eigenvalue weighted by molar-refractivity contribution is 0.0764. The first-order valence-electron chi connectivity index (χ1n) is 9.46. The van der Waals surface area contributed by atoms with Crippen LogP contribution < -0.4 is 17.1 Å². The zero-order valence-corrected chi connectivity index (χ0v) is 17.7. The standard InChI is InChI=1S/C23H28N4OS/c1-16(27-14-8-11-19(21(27)26-25)22(3,4)28)23(12-13-23)17(2)29-15-20(24)18-9-6-5-7-10-18/h5-11,14-15,28H,1-2,12-13,24-25H2,3-4H3/b20-15-,26-21-.